The molecule has 0 amide bonds. The van der Waals surface area contributed by atoms with Crippen molar-refractivity contribution in [3.05, 3.63) is 41.9 Å². The standard InChI is InChI=1S/C12H11NO3/c1-8-11(16-7-13-8)9-3-5-10(6-4-9)12(14)15-2/h3-7H,1-2H3. The van der Waals surface area contributed by atoms with Crippen molar-refractivity contribution in [2.24, 2.45) is 0 Å². The van der Waals surface area contributed by atoms with Gasteiger partial charge in [-0.25, -0.2) is 9.78 Å². The highest BCUT2D eigenvalue weighted by atomic mass is 16.5. The van der Waals surface area contributed by atoms with E-state index in [-0.39, 0.29) is 5.97 Å². The van der Waals surface area contributed by atoms with Crippen LogP contribution < -0.4 is 0 Å². The van der Waals surface area contributed by atoms with Crippen LogP contribution in [0.4, 0.5) is 0 Å². The van der Waals surface area contributed by atoms with Crippen LogP contribution in [0.25, 0.3) is 11.3 Å². The topological polar surface area (TPSA) is 52.3 Å². The Kier molecular flexibility index (Phi) is 2.72. The summed E-state index contributed by atoms with van der Waals surface area (Å²) in [5.41, 5.74) is 2.23. The third kappa shape index (κ3) is 1.82. The molecule has 4 heteroatoms. The molecule has 0 bridgehead atoms. The number of nitrogens with zero attached hydrogens (tertiary/aromatic N) is 1. The molecule has 82 valence electrons. The number of carbonyl (C=O) groups is 1. The maximum atomic E-state index is 11.2. The van der Waals surface area contributed by atoms with Gasteiger partial charge in [0.25, 0.3) is 0 Å². The molecule has 2 rings (SSSR count). The van der Waals surface area contributed by atoms with E-state index in [0.717, 1.165) is 17.0 Å². The number of hydrogen-bond acceptors (Lipinski definition) is 4. The fourth-order valence-corrected chi connectivity index (χ4v) is 1.45. The zero-order valence-corrected chi connectivity index (χ0v) is 9.06. The lowest BCUT2D eigenvalue weighted by molar-refractivity contribution is 0.0601. The van der Waals surface area contributed by atoms with Crippen LogP contribution in [-0.4, -0.2) is 18.1 Å². The minimum atomic E-state index is -0.346. The average Bonchev–Trinajstić information content (AvgIpc) is 2.75. The van der Waals surface area contributed by atoms with Gasteiger partial charge in [-0.3, -0.25) is 0 Å². The smallest absolute Gasteiger partial charge is 0.337 e. The highest BCUT2D eigenvalue weighted by molar-refractivity contribution is 5.89. The summed E-state index contributed by atoms with van der Waals surface area (Å²) in [4.78, 5) is 15.2. The quantitative estimate of drug-likeness (QED) is 0.725. The monoisotopic (exact) mass is 217 g/mol. The second-order valence-electron chi connectivity index (χ2n) is 3.34. The van der Waals surface area contributed by atoms with Crippen LogP contribution in [-0.2, 0) is 4.74 Å². The molecule has 0 spiro atoms. The molecule has 0 saturated heterocycles. The van der Waals surface area contributed by atoms with E-state index in [1.54, 1.807) is 24.3 Å². The summed E-state index contributed by atoms with van der Waals surface area (Å²) in [5.74, 6) is 0.372. The molecule has 1 aromatic carbocycles. The number of aromatic nitrogens is 1. The largest absolute Gasteiger partial charge is 0.465 e. The van der Waals surface area contributed by atoms with Crippen molar-refractivity contribution < 1.29 is 13.9 Å². The Bertz CT molecular complexity index is 499. The number of oxazole rings is 1. The lowest BCUT2D eigenvalue weighted by atomic mass is 10.1. The summed E-state index contributed by atoms with van der Waals surface area (Å²) in [6.45, 7) is 1.87. The van der Waals surface area contributed by atoms with E-state index in [4.69, 9.17) is 4.42 Å². The normalized spacial score (nSPS) is 10.1. The molecule has 0 fully saturated rings. The molecule has 0 aliphatic carbocycles. The first kappa shape index (κ1) is 10.4. The zero-order valence-electron chi connectivity index (χ0n) is 9.06. The molecule has 0 unspecified atom stereocenters. The average molecular weight is 217 g/mol. The summed E-state index contributed by atoms with van der Waals surface area (Å²) in [7, 11) is 1.36. The molecular weight excluding hydrogens is 206 g/mol. The van der Waals surface area contributed by atoms with Crippen molar-refractivity contribution in [2.45, 2.75) is 6.92 Å². The molecule has 0 aliphatic heterocycles. The molecule has 4 nitrogen and oxygen atoms in total. The van der Waals surface area contributed by atoms with Crippen LogP contribution in [0.5, 0.6) is 0 Å². The lowest BCUT2D eigenvalue weighted by Gasteiger charge is -2.00. The Morgan fingerprint density at radius 1 is 1.31 bits per heavy atom. The summed E-state index contributed by atoms with van der Waals surface area (Å²) < 4.78 is 9.87. The third-order valence-corrected chi connectivity index (χ3v) is 2.31. The highest BCUT2D eigenvalue weighted by Gasteiger charge is 2.09. The number of benzene rings is 1. The maximum Gasteiger partial charge on any atom is 0.337 e. The second-order valence-corrected chi connectivity index (χ2v) is 3.34. The zero-order chi connectivity index (χ0) is 11.5. The molecular formula is C12H11NO3. The van der Waals surface area contributed by atoms with Gasteiger partial charge in [-0.15, -0.1) is 0 Å². The number of methoxy groups -OCH3 is 1. The summed E-state index contributed by atoms with van der Waals surface area (Å²) >= 11 is 0. The van der Waals surface area contributed by atoms with Gasteiger partial charge in [0, 0.05) is 5.56 Å². The van der Waals surface area contributed by atoms with E-state index >= 15 is 0 Å². The van der Waals surface area contributed by atoms with Crippen molar-refractivity contribution >= 4 is 5.97 Å². The molecule has 0 N–H and O–H groups in total. The highest BCUT2D eigenvalue weighted by Crippen LogP contribution is 2.22. The summed E-state index contributed by atoms with van der Waals surface area (Å²) in [5, 5.41) is 0. The van der Waals surface area contributed by atoms with Crippen molar-refractivity contribution in [2.75, 3.05) is 7.11 Å². The van der Waals surface area contributed by atoms with Gasteiger partial charge in [0.1, 0.15) is 0 Å². The van der Waals surface area contributed by atoms with Gasteiger partial charge in [-0.2, -0.15) is 0 Å². The fourth-order valence-electron chi connectivity index (χ4n) is 1.45. The van der Waals surface area contributed by atoms with Crippen LogP contribution in [0, 0.1) is 6.92 Å². The van der Waals surface area contributed by atoms with Crippen molar-refractivity contribution in [1.82, 2.24) is 4.98 Å². The lowest BCUT2D eigenvalue weighted by Crippen LogP contribution is -2.00. The summed E-state index contributed by atoms with van der Waals surface area (Å²) in [6, 6.07) is 7.01. The van der Waals surface area contributed by atoms with Gasteiger partial charge in [0.05, 0.1) is 18.4 Å². The molecule has 2 aromatic rings. The molecule has 0 aliphatic rings. The predicted molar refractivity (Wildman–Crippen MR) is 58.0 cm³/mol. The van der Waals surface area contributed by atoms with Crippen molar-refractivity contribution in [3.8, 4) is 11.3 Å². The number of hydrogen-bond donors (Lipinski definition) is 0. The summed E-state index contributed by atoms with van der Waals surface area (Å²) in [6.07, 6.45) is 1.40. The molecule has 1 heterocycles. The maximum absolute atomic E-state index is 11.2. The molecule has 1 aromatic heterocycles. The second kappa shape index (κ2) is 4.18. The number of rotatable bonds is 2. The van der Waals surface area contributed by atoms with Crippen LogP contribution in [0.15, 0.2) is 35.1 Å². The third-order valence-electron chi connectivity index (χ3n) is 2.31. The van der Waals surface area contributed by atoms with Gasteiger partial charge in [0.15, 0.2) is 12.2 Å². The SMILES string of the molecule is COC(=O)c1ccc(-c2ocnc2C)cc1. The number of aryl methyl sites for hydroxylation is 1. The Balaban J connectivity index is 2.33. The van der Waals surface area contributed by atoms with Gasteiger partial charge in [-0.1, -0.05) is 12.1 Å². The van der Waals surface area contributed by atoms with E-state index in [1.165, 1.54) is 13.5 Å². The van der Waals surface area contributed by atoms with E-state index in [9.17, 15) is 4.79 Å². The van der Waals surface area contributed by atoms with Gasteiger partial charge >= 0.3 is 5.97 Å². The minimum absolute atomic E-state index is 0.346. The van der Waals surface area contributed by atoms with E-state index in [0.29, 0.717) is 5.56 Å². The van der Waals surface area contributed by atoms with Crippen LogP contribution in [0.3, 0.4) is 0 Å². The number of esters is 1. The molecule has 0 saturated carbocycles. The van der Waals surface area contributed by atoms with Crippen molar-refractivity contribution in [3.63, 3.8) is 0 Å². The molecule has 16 heavy (non-hydrogen) atoms. The Labute approximate surface area is 92.9 Å². The number of carbonyl (C=O) groups excluding carboxylic acids is 1. The van der Waals surface area contributed by atoms with Gasteiger partial charge in [-0.05, 0) is 19.1 Å². The van der Waals surface area contributed by atoms with Gasteiger partial charge < -0.3 is 9.15 Å². The van der Waals surface area contributed by atoms with Crippen molar-refractivity contribution in [1.29, 1.82) is 0 Å². The Morgan fingerprint density at radius 2 is 2.00 bits per heavy atom. The number of ether oxygens (including phenoxy) is 1. The van der Waals surface area contributed by atoms with Crippen LogP contribution in [0.1, 0.15) is 16.1 Å². The van der Waals surface area contributed by atoms with E-state index in [1.807, 2.05) is 6.92 Å². The molecule has 0 atom stereocenters. The first-order valence-corrected chi connectivity index (χ1v) is 4.81. The fraction of sp³-hybridized carbons (Fsp3) is 0.167. The van der Waals surface area contributed by atoms with Crippen LogP contribution >= 0.6 is 0 Å². The first-order chi connectivity index (χ1) is 7.72. The Hall–Kier alpha value is -2.10. The van der Waals surface area contributed by atoms with E-state index in [2.05, 4.69) is 9.72 Å². The predicted octanol–water partition coefficient (Wildman–Crippen LogP) is 2.44. The minimum Gasteiger partial charge on any atom is -0.465 e. The van der Waals surface area contributed by atoms with E-state index < -0.39 is 0 Å². The van der Waals surface area contributed by atoms with Crippen LogP contribution in [0.2, 0.25) is 0 Å². The first-order valence-electron chi connectivity index (χ1n) is 4.81. The molecule has 0 radical (unpaired) electrons. The Morgan fingerprint density at radius 3 is 2.50 bits per heavy atom. The van der Waals surface area contributed by atoms with Gasteiger partial charge in [0.2, 0.25) is 0 Å².